The van der Waals surface area contributed by atoms with Crippen molar-refractivity contribution >= 4 is 22.8 Å². The van der Waals surface area contributed by atoms with E-state index in [0.29, 0.717) is 11.6 Å². The standard InChI is InChI=1S/C22H21N7O/c30-20-10-9-16-14-26-22(27-21(16)28(20)17-6-2-1-3-7-17)29(18-8-4-5-11-24-18)19-15-23-12-13-25-19/h1-11,14,19,23,25H,12-13,15H2. The molecule has 8 heteroatoms. The van der Waals surface area contributed by atoms with Crippen LogP contribution in [0.2, 0.25) is 0 Å². The van der Waals surface area contributed by atoms with Crippen LogP contribution in [0.15, 0.2) is 77.9 Å². The molecular weight excluding hydrogens is 378 g/mol. The number of pyridine rings is 2. The summed E-state index contributed by atoms with van der Waals surface area (Å²) in [6, 6.07) is 18.6. The normalized spacial score (nSPS) is 16.5. The van der Waals surface area contributed by atoms with Gasteiger partial charge in [0, 0.05) is 43.5 Å². The summed E-state index contributed by atoms with van der Waals surface area (Å²) in [7, 11) is 0. The first-order valence-corrected chi connectivity index (χ1v) is 9.90. The highest BCUT2D eigenvalue weighted by molar-refractivity contribution is 5.77. The molecule has 2 N–H and O–H groups in total. The van der Waals surface area contributed by atoms with Gasteiger partial charge >= 0.3 is 0 Å². The Morgan fingerprint density at radius 3 is 2.60 bits per heavy atom. The van der Waals surface area contributed by atoms with Gasteiger partial charge in [0.25, 0.3) is 5.56 Å². The SMILES string of the molecule is O=c1ccc2cnc(N(c3ccccn3)C3CNCCN3)nc2n1-c1ccccc1. The second kappa shape index (κ2) is 8.02. The lowest BCUT2D eigenvalue weighted by molar-refractivity contribution is 0.418. The van der Waals surface area contributed by atoms with E-state index in [0.717, 1.165) is 36.5 Å². The van der Waals surface area contributed by atoms with Gasteiger partial charge in [-0.1, -0.05) is 24.3 Å². The second-order valence-corrected chi connectivity index (χ2v) is 7.02. The molecule has 8 nitrogen and oxygen atoms in total. The van der Waals surface area contributed by atoms with Gasteiger partial charge in [-0.15, -0.1) is 0 Å². The maximum atomic E-state index is 12.7. The van der Waals surface area contributed by atoms with Gasteiger partial charge in [0.2, 0.25) is 5.95 Å². The third-order valence-electron chi connectivity index (χ3n) is 5.08. The summed E-state index contributed by atoms with van der Waals surface area (Å²) in [6.45, 7) is 2.45. The zero-order valence-electron chi connectivity index (χ0n) is 16.3. The zero-order chi connectivity index (χ0) is 20.3. The zero-order valence-corrected chi connectivity index (χ0v) is 16.3. The number of nitrogens with one attached hydrogen (secondary N) is 2. The fourth-order valence-corrected chi connectivity index (χ4v) is 3.67. The van der Waals surface area contributed by atoms with Crippen LogP contribution in [0.5, 0.6) is 0 Å². The molecule has 150 valence electrons. The predicted molar refractivity (Wildman–Crippen MR) is 116 cm³/mol. The molecule has 4 aromatic rings. The molecule has 1 fully saturated rings. The van der Waals surface area contributed by atoms with Gasteiger partial charge in [0.1, 0.15) is 12.0 Å². The molecule has 1 aromatic carbocycles. The van der Waals surface area contributed by atoms with Crippen LogP contribution in [-0.4, -0.2) is 45.3 Å². The average Bonchev–Trinajstić information content (AvgIpc) is 2.81. The van der Waals surface area contributed by atoms with Gasteiger partial charge in [0.15, 0.2) is 5.65 Å². The fourth-order valence-electron chi connectivity index (χ4n) is 3.67. The number of anilines is 2. The summed E-state index contributed by atoms with van der Waals surface area (Å²) in [6.07, 6.45) is 3.44. The molecule has 1 aliphatic rings. The van der Waals surface area contributed by atoms with E-state index in [1.54, 1.807) is 29.1 Å². The van der Waals surface area contributed by atoms with E-state index in [9.17, 15) is 4.79 Å². The molecule has 0 saturated carbocycles. The lowest BCUT2D eigenvalue weighted by atomic mass is 10.2. The minimum absolute atomic E-state index is 0.0632. The first-order valence-electron chi connectivity index (χ1n) is 9.90. The maximum absolute atomic E-state index is 12.7. The van der Waals surface area contributed by atoms with E-state index >= 15 is 0 Å². The van der Waals surface area contributed by atoms with E-state index in [-0.39, 0.29) is 11.7 Å². The van der Waals surface area contributed by atoms with Crippen LogP contribution in [0.3, 0.4) is 0 Å². The molecule has 3 aromatic heterocycles. The van der Waals surface area contributed by atoms with Crippen LogP contribution in [0.1, 0.15) is 0 Å². The van der Waals surface area contributed by atoms with Crippen LogP contribution in [0.25, 0.3) is 16.7 Å². The Kier molecular flexibility index (Phi) is 4.92. The molecule has 5 rings (SSSR count). The Morgan fingerprint density at radius 2 is 1.83 bits per heavy atom. The number of hydrogen-bond donors (Lipinski definition) is 2. The molecule has 1 unspecified atom stereocenters. The number of hydrogen-bond acceptors (Lipinski definition) is 7. The predicted octanol–water partition coefficient (Wildman–Crippen LogP) is 1.83. The molecule has 0 radical (unpaired) electrons. The molecular formula is C22H21N7O. The van der Waals surface area contributed by atoms with Crippen molar-refractivity contribution in [3.05, 3.63) is 83.4 Å². The van der Waals surface area contributed by atoms with Crippen molar-refractivity contribution in [2.24, 2.45) is 0 Å². The van der Waals surface area contributed by atoms with Gasteiger partial charge in [-0.3, -0.25) is 19.6 Å². The highest BCUT2D eigenvalue weighted by atomic mass is 16.1. The summed E-state index contributed by atoms with van der Waals surface area (Å²) in [5, 5.41) is 7.68. The van der Waals surface area contributed by atoms with Crippen molar-refractivity contribution in [2.75, 3.05) is 24.5 Å². The Labute approximate surface area is 173 Å². The third kappa shape index (κ3) is 3.42. The first-order chi connectivity index (χ1) is 14.8. The summed E-state index contributed by atoms with van der Waals surface area (Å²) < 4.78 is 1.61. The minimum atomic E-state index is -0.139. The van der Waals surface area contributed by atoms with Crippen LogP contribution in [0, 0.1) is 0 Å². The summed E-state index contributed by atoms with van der Waals surface area (Å²) >= 11 is 0. The highest BCUT2D eigenvalue weighted by Crippen LogP contribution is 2.24. The smallest absolute Gasteiger partial charge is 0.256 e. The van der Waals surface area contributed by atoms with Gasteiger partial charge in [-0.05, 0) is 30.3 Å². The number of benzene rings is 1. The largest absolute Gasteiger partial charge is 0.312 e. The number of rotatable bonds is 4. The Balaban J connectivity index is 1.70. The molecule has 1 saturated heterocycles. The maximum Gasteiger partial charge on any atom is 0.256 e. The van der Waals surface area contributed by atoms with Crippen LogP contribution in [-0.2, 0) is 0 Å². The number of piperazine rings is 1. The molecule has 0 amide bonds. The van der Waals surface area contributed by atoms with E-state index in [1.165, 1.54) is 0 Å². The quantitative estimate of drug-likeness (QED) is 0.541. The summed E-state index contributed by atoms with van der Waals surface area (Å²) in [5.41, 5.74) is 1.18. The Hall–Kier alpha value is -3.62. The third-order valence-corrected chi connectivity index (χ3v) is 5.08. The van der Waals surface area contributed by atoms with E-state index in [4.69, 9.17) is 4.98 Å². The average molecular weight is 399 g/mol. The monoisotopic (exact) mass is 399 g/mol. The summed E-state index contributed by atoms with van der Waals surface area (Å²) in [4.78, 5) is 28.7. The lowest BCUT2D eigenvalue weighted by Crippen LogP contribution is -2.56. The molecule has 0 aliphatic carbocycles. The molecule has 4 heterocycles. The number of fused-ring (bicyclic) bond motifs is 1. The van der Waals surface area contributed by atoms with E-state index in [2.05, 4.69) is 20.6 Å². The first kappa shape index (κ1) is 18.4. The van der Waals surface area contributed by atoms with Gasteiger partial charge < -0.3 is 5.32 Å². The van der Waals surface area contributed by atoms with Crippen LogP contribution in [0.4, 0.5) is 11.8 Å². The lowest BCUT2D eigenvalue weighted by Gasteiger charge is -2.34. The number of aromatic nitrogens is 4. The van der Waals surface area contributed by atoms with Crippen LogP contribution < -0.4 is 21.1 Å². The topological polar surface area (TPSA) is 88.0 Å². The van der Waals surface area contributed by atoms with Crippen molar-refractivity contribution in [1.29, 1.82) is 0 Å². The fraction of sp³-hybridized carbons (Fsp3) is 0.182. The van der Waals surface area contributed by atoms with E-state index in [1.807, 2.05) is 53.4 Å². The van der Waals surface area contributed by atoms with Crippen molar-refractivity contribution in [3.8, 4) is 5.69 Å². The van der Waals surface area contributed by atoms with Crippen molar-refractivity contribution < 1.29 is 0 Å². The molecule has 0 spiro atoms. The highest BCUT2D eigenvalue weighted by Gasteiger charge is 2.26. The Morgan fingerprint density at radius 1 is 0.967 bits per heavy atom. The molecule has 0 bridgehead atoms. The number of nitrogens with zero attached hydrogens (tertiary/aromatic N) is 5. The van der Waals surface area contributed by atoms with Crippen molar-refractivity contribution in [3.63, 3.8) is 0 Å². The van der Waals surface area contributed by atoms with Crippen LogP contribution >= 0.6 is 0 Å². The van der Waals surface area contributed by atoms with Gasteiger partial charge in [-0.25, -0.2) is 9.97 Å². The Bertz CT molecular complexity index is 1200. The van der Waals surface area contributed by atoms with Crippen molar-refractivity contribution in [1.82, 2.24) is 30.2 Å². The molecule has 1 aliphatic heterocycles. The second-order valence-electron chi connectivity index (χ2n) is 7.02. The molecule has 30 heavy (non-hydrogen) atoms. The van der Waals surface area contributed by atoms with Gasteiger partial charge in [0.05, 0.1) is 5.69 Å². The number of para-hydroxylation sites is 1. The van der Waals surface area contributed by atoms with E-state index < -0.39 is 0 Å². The van der Waals surface area contributed by atoms with Gasteiger partial charge in [-0.2, -0.15) is 4.98 Å². The summed E-state index contributed by atoms with van der Waals surface area (Å²) in [5.74, 6) is 1.22. The minimum Gasteiger partial charge on any atom is -0.312 e. The van der Waals surface area contributed by atoms with Crippen molar-refractivity contribution in [2.45, 2.75) is 6.17 Å². The molecule has 1 atom stereocenters.